The number of benzene rings is 1. The van der Waals surface area contributed by atoms with Crippen LogP contribution in [0.15, 0.2) is 24.3 Å². The van der Waals surface area contributed by atoms with Gasteiger partial charge in [-0.3, -0.25) is 0 Å². The molecule has 0 aliphatic rings. The summed E-state index contributed by atoms with van der Waals surface area (Å²) in [5, 5.41) is 8.35. The molecule has 1 atom stereocenters. The average molecular weight is 198 g/mol. The zero-order chi connectivity index (χ0) is 9.68. The maximum atomic E-state index is 10.2. The Balaban J connectivity index is 2.54. The first-order valence-corrected chi connectivity index (χ1v) is 4.67. The third-order valence-corrected chi connectivity index (χ3v) is 1.99. The Morgan fingerprint density at radius 3 is 2.46 bits per heavy atom. The van der Waals surface area contributed by atoms with E-state index in [9.17, 15) is 4.79 Å². The van der Waals surface area contributed by atoms with E-state index in [1.807, 2.05) is 12.1 Å². The van der Waals surface area contributed by atoms with Crippen molar-refractivity contribution in [2.75, 3.05) is 6.61 Å². The van der Waals surface area contributed by atoms with Crippen molar-refractivity contribution >= 4 is 15.2 Å². The molecule has 0 saturated heterocycles. The van der Waals surface area contributed by atoms with Gasteiger partial charge in [0.2, 0.25) is 0 Å². The third-order valence-electron chi connectivity index (χ3n) is 1.52. The van der Waals surface area contributed by atoms with E-state index in [1.54, 1.807) is 12.1 Å². The Kier molecular flexibility index (Phi) is 3.71. The molecule has 0 aliphatic heterocycles. The van der Waals surface area contributed by atoms with E-state index in [2.05, 4.69) is 9.24 Å². The SMILES string of the molecule is O=C(O)COc1ccc(CP)cc1. The summed E-state index contributed by atoms with van der Waals surface area (Å²) in [6.07, 6.45) is 0.888. The van der Waals surface area contributed by atoms with Crippen molar-refractivity contribution in [2.45, 2.75) is 6.16 Å². The highest BCUT2D eigenvalue weighted by Crippen LogP contribution is 2.13. The Bertz CT molecular complexity index is 281. The monoisotopic (exact) mass is 198 g/mol. The molecular formula is C9H11O3P. The van der Waals surface area contributed by atoms with E-state index in [0.717, 1.165) is 6.16 Å². The molecule has 0 aromatic heterocycles. The molecule has 1 N–H and O–H groups in total. The largest absolute Gasteiger partial charge is 0.482 e. The van der Waals surface area contributed by atoms with E-state index in [-0.39, 0.29) is 6.61 Å². The molecule has 0 heterocycles. The molecule has 1 aromatic rings. The highest BCUT2D eigenvalue weighted by Gasteiger charge is 1.98. The molecule has 4 heteroatoms. The molecular weight excluding hydrogens is 187 g/mol. The maximum absolute atomic E-state index is 10.2. The standard InChI is InChI=1S/C9H11O3P/c10-9(11)5-12-8-3-1-7(6-13)2-4-8/h1-4H,5-6,13H2,(H,10,11). The summed E-state index contributed by atoms with van der Waals surface area (Å²) in [5.74, 6) is -0.375. The first-order valence-electron chi connectivity index (χ1n) is 3.86. The van der Waals surface area contributed by atoms with Gasteiger partial charge in [-0.25, -0.2) is 4.79 Å². The van der Waals surface area contributed by atoms with Crippen LogP contribution in [0.3, 0.4) is 0 Å². The van der Waals surface area contributed by atoms with Crippen LogP contribution in [0.4, 0.5) is 0 Å². The van der Waals surface area contributed by atoms with Crippen LogP contribution in [-0.2, 0) is 11.0 Å². The van der Waals surface area contributed by atoms with Gasteiger partial charge in [-0.05, 0) is 23.9 Å². The summed E-state index contributed by atoms with van der Waals surface area (Å²) in [5.41, 5.74) is 1.17. The molecule has 0 amide bonds. The molecule has 3 nitrogen and oxygen atoms in total. The maximum Gasteiger partial charge on any atom is 0.341 e. The Hall–Kier alpha value is -1.08. The smallest absolute Gasteiger partial charge is 0.341 e. The first-order chi connectivity index (χ1) is 6.22. The van der Waals surface area contributed by atoms with Crippen molar-refractivity contribution in [3.8, 4) is 5.75 Å². The minimum atomic E-state index is -0.963. The lowest BCUT2D eigenvalue weighted by Gasteiger charge is -2.03. The van der Waals surface area contributed by atoms with Crippen LogP contribution >= 0.6 is 9.24 Å². The lowest BCUT2D eigenvalue weighted by molar-refractivity contribution is -0.139. The predicted molar refractivity (Wildman–Crippen MR) is 53.0 cm³/mol. The summed E-state index contributed by atoms with van der Waals surface area (Å²) in [4.78, 5) is 10.2. The minimum absolute atomic E-state index is 0.291. The van der Waals surface area contributed by atoms with Crippen LogP contribution in [0.1, 0.15) is 5.56 Å². The lowest BCUT2D eigenvalue weighted by atomic mass is 10.2. The predicted octanol–water partition coefficient (Wildman–Crippen LogP) is 1.53. The number of carboxylic acid groups (broad SMARTS) is 1. The fourth-order valence-electron chi connectivity index (χ4n) is 0.867. The highest BCUT2D eigenvalue weighted by molar-refractivity contribution is 7.15. The van der Waals surface area contributed by atoms with Gasteiger partial charge in [-0.2, -0.15) is 0 Å². The number of hydrogen-bond acceptors (Lipinski definition) is 2. The molecule has 0 aliphatic carbocycles. The molecule has 70 valence electrons. The fourth-order valence-corrected chi connectivity index (χ4v) is 1.14. The number of carbonyl (C=O) groups is 1. The average Bonchev–Trinajstić information content (AvgIpc) is 2.15. The Morgan fingerprint density at radius 1 is 1.38 bits per heavy atom. The van der Waals surface area contributed by atoms with E-state index in [0.29, 0.717) is 5.75 Å². The minimum Gasteiger partial charge on any atom is -0.482 e. The molecule has 1 aromatic carbocycles. The molecule has 1 unspecified atom stereocenters. The van der Waals surface area contributed by atoms with Crippen LogP contribution < -0.4 is 4.74 Å². The van der Waals surface area contributed by atoms with Crippen molar-refractivity contribution in [1.82, 2.24) is 0 Å². The summed E-state index contributed by atoms with van der Waals surface area (Å²) in [6, 6.07) is 7.35. The number of carboxylic acids is 1. The van der Waals surface area contributed by atoms with Crippen molar-refractivity contribution in [2.24, 2.45) is 0 Å². The topological polar surface area (TPSA) is 46.5 Å². The molecule has 0 saturated carbocycles. The third kappa shape index (κ3) is 3.43. The number of rotatable bonds is 4. The fraction of sp³-hybridized carbons (Fsp3) is 0.222. The van der Waals surface area contributed by atoms with Crippen LogP contribution in [0, 0.1) is 0 Å². The second kappa shape index (κ2) is 4.83. The van der Waals surface area contributed by atoms with E-state index in [1.165, 1.54) is 5.56 Å². The Morgan fingerprint density at radius 2 is 2.00 bits per heavy atom. The van der Waals surface area contributed by atoms with Crippen molar-refractivity contribution in [3.63, 3.8) is 0 Å². The van der Waals surface area contributed by atoms with Gasteiger partial charge >= 0.3 is 5.97 Å². The van der Waals surface area contributed by atoms with Gasteiger partial charge in [0.1, 0.15) is 5.75 Å². The molecule has 0 fully saturated rings. The molecule has 0 radical (unpaired) electrons. The van der Waals surface area contributed by atoms with E-state index < -0.39 is 5.97 Å². The summed E-state index contributed by atoms with van der Waals surface area (Å²) < 4.78 is 4.96. The Labute approximate surface area is 78.9 Å². The van der Waals surface area contributed by atoms with Crippen molar-refractivity contribution in [1.29, 1.82) is 0 Å². The van der Waals surface area contributed by atoms with Gasteiger partial charge in [0.25, 0.3) is 0 Å². The van der Waals surface area contributed by atoms with Gasteiger partial charge in [-0.15, -0.1) is 9.24 Å². The van der Waals surface area contributed by atoms with Crippen molar-refractivity contribution < 1.29 is 14.6 Å². The zero-order valence-corrected chi connectivity index (χ0v) is 8.22. The lowest BCUT2D eigenvalue weighted by Crippen LogP contribution is -2.09. The van der Waals surface area contributed by atoms with Crippen LogP contribution in [0.25, 0.3) is 0 Å². The van der Waals surface area contributed by atoms with Crippen LogP contribution in [-0.4, -0.2) is 17.7 Å². The zero-order valence-electron chi connectivity index (χ0n) is 7.06. The number of aliphatic carboxylic acids is 1. The van der Waals surface area contributed by atoms with Crippen LogP contribution in [0.5, 0.6) is 5.75 Å². The van der Waals surface area contributed by atoms with Gasteiger partial charge in [0.05, 0.1) is 0 Å². The summed E-state index contributed by atoms with van der Waals surface area (Å²) >= 11 is 0. The number of hydrogen-bond donors (Lipinski definition) is 1. The molecule has 0 spiro atoms. The second-order valence-corrected chi connectivity index (χ2v) is 2.94. The summed E-state index contributed by atoms with van der Waals surface area (Å²) in [7, 11) is 2.62. The van der Waals surface area contributed by atoms with Gasteiger partial charge in [0.15, 0.2) is 6.61 Å². The second-order valence-electron chi connectivity index (χ2n) is 2.53. The van der Waals surface area contributed by atoms with Gasteiger partial charge < -0.3 is 9.84 Å². The molecule has 13 heavy (non-hydrogen) atoms. The first kappa shape index (κ1) is 10.0. The van der Waals surface area contributed by atoms with Crippen molar-refractivity contribution in [3.05, 3.63) is 29.8 Å². The molecule has 0 bridgehead atoms. The number of ether oxygens (including phenoxy) is 1. The normalized spacial score (nSPS) is 9.62. The van der Waals surface area contributed by atoms with E-state index in [4.69, 9.17) is 9.84 Å². The molecule has 1 rings (SSSR count). The van der Waals surface area contributed by atoms with Gasteiger partial charge in [0, 0.05) is 0 Å². The van der Waals surface area contributed by atoms with E-state index >= 15 is 0 Å². The van der Waals surface area contributed by atoms with Gasteiger partial charge in [-0.1, -0.05) is 12.1 Å². The highest BCUT2D eigenvalue weighted by atomic mass is 31.0. The summed E-state index contributed by atoms with van der Waals surface area (Å²) in [6.45, 7) is -0.291. The quantitative estimate of drug-likeness (QED) is 0.746. The van der Waals surface area contributed by atoms with Crippen LogP contribution in [0.2, 0.25) is 0 Å².